The van der Waals surface area contributed by atoms with Crippen molar-refractivity contribution in [2.24, 2.45) is 5.92 Å². The van der Waals surface area contributed by atoms with Crippen LogP contribution in [0.5, 0.6) is 0 Å². The topological polar surface area (TPSA) is 92.3 Å². The van der Waals surface area contributed by atoms with E-state index in [1.54, 1.807) is 0 Å². The maximum absolute atomic E-state index is 5.52. The third-order valence-corrected chi connectivity index (χ3v) is 4.63. The molecule has 0 saturated carbocycles. The van der Waals surface area contributed by atoms with Gasteiger partial charge in [0, 0.05) is 6.61 Å². The van der Waals surface area contributed by atoms with Gasteiger partial charge < -0.3 is 47.4 Å². The van der Waals surface area contributed by atoms with E-state index < -0.39 is 0 Å². The maximum Gasteiger partial charge on any atom is 0.107 e. The zero-order valence-corrected chi connectivity index (χ0v) is 22.6. The first-order valence-electron chi connectivity index (χ1n) is 13.0. The second-order valence-electron chi connectivity index (χ2n) is 7.74. The summed E-state index contributed by atoms with van der Waals surface area (Å²) in [5.74, 6) is 3.00. The first kappa shape index (κ1) is 35.2. The first-order chi connectivity index (χ1) is 17.8. The molecule has 10 heteroatoms. The van der Waals surface area contributed by atoms with E-state index in [-0.39, 0.29) is 0 Å². The Balaban J connectivity index is 3.03. The molecular weight excluding hydrogens is 472 g/mol. The quantitative estimate of drug-likeness (QED) is 0.0992. The van der Waals surface area contributed by atoms with Gasteiger partial charge >= 0.3 is 0 Å². The lowest BCUT2D eigenvalue weighted by atomic mass is 10.1. The molecule has 0 aliphatic carbocycles. The van der Waals surface area contributed by atoms with E-state index >= 15 is 0 Å². The molecule has 1 atom stereocenters. The van der Waals surface area contributed by atoms with Crippen molar-refractivity contribution in [1.82, 2.24) is 0 Å². The predicted octanol–water partition coefficient (Wildman–Crippen LogP) is 1.83. The first-order valence-corrected chi connectivity index (χ1v) is 13.0. The number of ether oxygens (including phenoxy) is 10. The molecule has 0 aromatic carbocycles. The Labute approximate surface area is 218 Å². The van der Waals surface area contributed by atoms with Crippen LogP contribution in [0.2, 0.25) is 0 Å². The molecule has 0 aliphatic heterocycles. The molecule has 0 aromatic rings. The van der Waals surface area contributed by atoms with Crippen molar-refractivity contribution in [3.8, 4) is 12.3 Å². The molecule has 0 fully saturated rings. The van der Waals surface area contributed by atoms with E-state index in [1.165, 1.54) is 0 Å². The lowest BCUT2D eigenvalue weighted by Gasteiger charge is -2.10. The second kappa shape index (κ2) is 32.2. The fourth-order valence-corrected chi connectivity index (χ4v) is 2.41. The Morgan fingerprint density at radius 3 is 0.944 bits per heavy atom. The summed E-state index contributed by atoms with van der Waals surface area (Å²) in [5.41, 5.74) is 0. The van der Waals surface area contributed by atoms with Crippen LogP contribution in [0.25, 0.3) is 0 Å². The molecule has 0 amide bonds. The summed E-state index contributed by atoms with van der Waals surface area (Å²) in [6.45, 7) is 15.1. The van der Waals surface area contributed by atoms with Gasteiger partial charge in [0.15, 0.2) is 0 Å². The van der Waals surface area contributed by atoms with Gasteiger partial charge in [-0.1, -0.05) is 26.2 Å². The fourth-order valence-electron chi connectivity index (χ4n) is 2.41. The van der Waals surface area contributed by atoms with Gasteiger partial charge in [-0.05, 0) is 5.92 Å². The maximum atomic E-state index is 5.52. The van der Waals surface area contributed by atoms with Crippen LogP contribution in [0.1, 0.15) is 20.3 Å². The van der Waals surface area contributed by atoms with Crippen molar-refractivity contribution in [3.05, 3.63) is 0 Å². The average Bonchev–Trinajstić information content (AvgIpc) is 2.89. The third-order valence-electron chi connectivity index (χ3n) is 4.63. The second-order valence-corrected chi connectivity index (χ2v) is 7.74. The van der Waals surface area contributed by atoms with Crippen molar-refractivity contribution < 1.29 is 47.4 Å². The van der Waals surface area contributed by atoms with Crippen molar-refractivity contribution >= 4 is 0 Å². The van der Waals surface area contributed by atoms with Crippen molar-refractivity contribution in [2.75, 3.05) is 132 Å². The van der Waals surface area contributed by atoms with Gasteiger partial charge in [-0.3, -0.25) is 0 Å². The van der Waals surface area contributed by atoms with E-state index in [9.17, 15) is 0 Å². The molecule has 0 bridgehead atoms. The highest BCUT2D eigenvalue weighted by Gasteiger charge is 1.98. The normalized spacial score (nSPS) is 12.1. The molecule has 0 spiro atoms. The molecule has 0 heterocycles. The average molecular weight is 523 g/mol. The highest BCUT2D eigenvalue weighted by Crippen LogP contribution is 1.99. The molecule has 0 aromatic heterocycles. The number of hydrogen-bond donors (Lipinski definition) is 0. The molecular formula is C26H50O10. The minimum atomic E-state index is 0.312. The minimum absolute atomic E-state index is 0.312. The Bertz CT molecular complexity index is 447. The fraction of sp³-hybridized carbons (Fsp3) is 0.923. The molecule has 0 saturated heterocycles. The highest BCUT2D eigenvalue weighted by molar-refractivity contribution is 4.82. The largest absolute Gasteiger partial charge is 0.379 e. The molecule has 0 aliphatic rings. The van der Waals surface area contributed by atoms with Gasteiger partial charge in [0.2, 0.25) is 0 Å². The van der Waals surface area contributed by atoms with Crippen molar-refractivity contribution in [2.45, 2.75) is 20.3 Å². The summed E-state index contributed by atoms with van der Waals surface area (Å²) in [7, 11) is 0. The lowest BCUT2D eigenvalue weighted by molar-refractivity contribution is -0.0265. The summed E-state index contributed by atoms with van der Waals surface area (Å²) in [5, 5.41) is 0. The van der Waals surface area contributed by atoms with Crippen LogP contribution in [0, 0.1) is 18.3 Å². The van der Waals surface area contributed by atoms with E-state index in [1.807, 2.05) is 0 Å². The monoisotopic (exact) mass is 522 g/mol. The minimum Gasteiger partial charge on any atom is -0.379 e. The Morgan fingerprint density at radius 1 is 0.444 bits per heavy atom. The summed E-state index contributed by atoms with van der Waals surface area (Å²) in [4.78, 5) is 0. The molecule has 1 unspecified atom stereocenters. The number of terminal acetylenes is 1. The Hall–Kier alpha value is -0.840. The van der Waals surface area contributed by atoms with E-state index in [0.717, 1.165) is 13.0 Å². The molecule has 0 radical (unpaired) electrons. The zero-order chi connectivity index (χ0) is 26.2. The highest BCUT2D eigenvalue weighted by atomic mass is 16.6. The summed E-state index contributed by atoms with van der Waals surface area (Å²) in [6.07, 6.45) is 6.21. The van der Waals surface area contributed by atoms with Crippen molar-refractivity contribution in [3.63, 3.8) is 0 Å². The van der Waals surface area contributed by atoms with Crippen LogP contribution in [0.3, 0.4) is 0 Å². The molecule has 214 valence electrons. The number of rotatable bonds is 31. The van der Waals surface area contributed by atoms with Crippen molar-refractivity contribution in [1.29, 1.82) is 0 Å². The van der Waals surface area contributed by atoms with E-state index in [4.69, 9.17) is 53.8 Å². The van der Waals surface area contributed by atoms with Gasteiger partial charge in [-0.2, -0.15) is 0 Å². The van der Waals surface area contributed by atoms with Crippen LogP contribution < -0.4 is 0 Å². The number of hydrogen-bond acceptors (Lipinski definition) is 10. The zero-order valence-electron chi connectivity index (χ0n) is 22.6. The van der Waals surface area contributed by atoms with Gasteiger partial charge in [-0.25, -0.2) is 0 Å². The van der Waals surface area contributed by atoms with Crippen LogP contribution >= 0.6 is 0 Å². The van der Waals surface area contributed by atoms with Gasteiger partial charge in [0.1, 0.15) is 6.61 Å². The SMILES string of the molecule is C#CCOCCOCCOCCOCCOCCOCCOCCOCCOCCOCC(C)CC. The summed E-state index contributed by atoms with van der Waals surface area (Å²) >= 11 is 0. The third kappa shape index (κ3) is 31.2. The van der Waals surface area contributed by atoms with Crippen LogP contribution in [0.4, 0.5) is 0 Å². The Kier molecular flexibility index (Phi) is 31.4. The molecule has 0 rings (SSSR count). The molecule has 36 heavy (non-hydrogen) atoms. The predicted molar refractivity (Wildman–Crippen MR) is 136 cm³/mol. The van der Waals surface area contributed by atoms with E-state index in [2.05, 4.69) is 19.8 Å². The molecule has 0 N–H and O–H groups in total. The summed E-state index contributed by atoms with van der Waals surface area (Å²) < 4.78 is 54.0. The summed E-state index contributed by atoms with van der Waals surface area (Å²) in [6, 6.07) is 0. The van der Waals surface area contributed by atoms with Crippen LogP contribution in [0.15, 0.2) is 0 Å². The van der Waals surface area contributed by atoms with Gasteiger partial charge in [0.25, 0.3) is 0 Å². The lowest BCUT2D eigenvalue weighted by Crippen LogP contribution is -2.15. The van der Waals surface area contributed by atoms with Gasteiger partial charge in [0.05, 0.1) is 119 Å². The van der Waals surface area contributed by atoms with Gasteiger partial charge in [-0.15, -0.1) is 6.42 Å². The standard InChI is InChI=1S/C26H50O10/c1-4-6-27-7-8-28-9-10-29-11-12-30-13-14-31-15-16-32-17-18-33-19-20-34-21-22-35-23-24-36-25-26(3)5-2/h1,26H,5-25H2,2-3H3. The molecule has 10 nitrogen and oxygen atoms in total. The van der Waals surface area contributed by atoms with Crippen LogP contribution in [-0.2, 0) is 47.4 Å². The smallest absolute Gasteiger partial charge is 0.107 e. The van der Waals surface area contributed by atoms with E-state index in [0.29, 0.717) is 131 Å². The Morgan fingerprint density at radius 2 is 0.694 bits per heavy atom. The van der Waals surface area contributed by atoms with Crippen LogP contribution in [-0.4, -0.2) is 132 Å².